The van der Waals surface area contributed by atoms with Gasteiger partial charge < -0.3 is 14.7 Å². The zero-order valence-electron chi connectivity index (χ0n) is 11.1. The molecule has 1 aromatic carbocycles. The lowest BCUT2D eigenvalue weighted by Crippen LogP contribution is -2.13. The van der Waals surface area contributed by atoms with Crippen molar-refractivity contribution in [2.75, 3.05) is 0 Å². The lowest BCUT2D eigenvalue weighted by molar-refractivity contribution is 0.492. The van der Waals surface area contributed by atoms with E-state index in [1.54, 1.807) is 17.5 Å². The van der Waals surface area contributed by atoms with Gasteiger partial charge in [0.15, 0.2) is 0 Å². The molecule has 0 atom stereocenters. The Morgan fingerprint density at radius 2 is 1.95 bits per heavy atom. The number of aromatic amines is 1. The summed E-state index contributed by atoms with van der Waals surface area (Å²) in [7, 11) is 0. The molecule has 2 heterocycles. The minimum atomic E-state index is -0.267. The van der Waals surface area contributed by atoms with Crippen molar-refractivity contribution < 1.29 is 8.81 Å². The summed E-state index contributed by atoms with van der Waals surface area (Å²) in [4.78, 5) is 13.7. The van der Waals surface area contributed by atoms with Gasteiger partial charge in [0, 0.05) is 23.2 Å². The predicted octanol–water partition coefficient (Wildman–Crippen LogP) is 3.13. The standard InChI is InChI=1S/C15H13FN2O2S/c16-11-3-1-10(2-4-11)14-6-5-13(20-14)8-17-7-12-9-21-15(19)18-12/h1-6,9,17H,7-8H2,(H,18,19). The molecule has 0 spiro atoms. The molecule has 21 heavy (non-hydrogen) atoms. The molecule has 0 aliphatic rings. The van der Waals surface area contributed by atoms with Gasteiger partial charge in [0.1, 0.15) is 17.3 Å². The Morgan fingerprint density at radius 1 is 1.14 bits per heavy atom. The van der Waals surface area contributed by atoms with Crippen molar-refractivity contribution in [1.82, 2.24) is 10.3 Å². The molecule has 0 saturated carbocycles. The van der Waals surface area contributed by atoms with Gasteiger partial charge >= 0.3 is 4.87 Å². The molecule has 0 radical (unpaired) electrons. The van der Waals surface area contributed by atoms with Crippen LogP contribution in [0, 0.1) is 5.82 Å². The number of nitrogens with one attached hydrogen (secondary N) is 2. The maximum absolute atomic E-state index is 12.9. The summed E-state index contributed by atoms with van der Waals surface area (Å²) in [6.07, 6.45) is 0. The zero-order chi connectivity index (χ0) is 14.7. The number of aromatic nitrogens is 1. The molecule has 0 saturated heterocycles. The van der Waals surface area contributed by atoms with Crippen molar-refractivity contribution in [3.63, 3.8) is 0 Å². The first kappa shape index (κ1) is 13.8. The molecule has 3 aromatic rings. The lowest BCUT2D eigenvalue weighted by Gasteiger charge is -2.00. The highest BCUT2D eigenvalue weighted by atomic mass is 32.1. The molecular weight excluding hydrogens is 291 g/mol. The van der Waals surface area contributed by atoms with Crippen molar-refractivity contribution in [2.45, 2.75) is 13.1 Å². The van der Waals surface area contributed by atoms with Gasteiger partial charge in [-0.2, -0.15) is 0 Å². The Labute approximate surface area is 124 Å². The fourth-order valence-electron chi connectivity index (χ4n) is 1.96. The van der Waals surface area contributed by atoms with Crippen molar-refractivity contribution in [3.05, 3.63) is 68.7 Å². The topological polar surface area (TPSA) is 58.0 Å². The summed E-state index contributed by atoms with van der Waals surface area (Å²) in [5, 5.41) is 4.98. The molecule has 2 aromatic heterocycles. The number of H-pyrrole nitrogens is 1. The van der Waals surface area contributed by atoms with Gasteiger partial charge in [-0.3, -0.25) is 4.79 Å². The van der Waals surface area contributed by atoms with Crippen molar-refractivity contribution >= 4 is 11.3 Å². The lowest BCUT2D eigenvalue weighted by atomic mass is 10.2. The summed E-state index contributed by atoms with van der Waals surface area (Å²) < 4.78 is 18.6. The van der Waals surface area contributed by atoms with Crippen LogP contribution in [0.1, 0.15) is 11.5 Å². The van der Waals surface area contributed by atoms with Gasteiger partial charge in [-0.05, 0) is 36.4 Å². The predicted molar refractivity (Wildman–Crippen MR) is 79.6 cm³/mol. The molecule has 6 heteroatoms. The van der Waals surface area contributed by atoms with Crippen LogP contribution in [-0.2, 0) is 13.1 Å². The number of benzene rings is 1. The highest BCUT2D eigenvalue weighted by Gasteiger charge is 2.05. The maximum atomic E-state index is 12.9. The van der Waals surface area contributed by atoms with Gasteiger partial charge in [0.05, 0.1) is 6.54 Å². The number of rotatable bonds is 5. The summed E-state index contributed by atoms with van der Waals surface area (Å²) in [6.45, 7) is 1.13. The summed E-state index contributed by atoms with van der Waals surface area (Å²) in [6, 6.07) is 9.91. The minimum absolute atomic E-state index is 0.0524. The van der Waals surface area contributed by atoms with Crippen molar-refractivity contribution in [3.8, 4) is 11.3 Å². The van der Waals surface area contributed by atoms with E-state index in [-0.39, 0.29) is 10.7 Å². The van der Waals surface area contributed by atoms with Gasteiger partial charge in [-0.1, -0.05) is 11.3 Å². The molecule has 0 aliphatic heterocycles. The fraction of sp³-hybridized carbons (Fsp3) is 0.133. The van der Waals surface area contributed by atoms with Gasteiger partial charge in [0.25, 0.3) is 0 Å². The van der Waals surface area contributed by atoms with Crippen LogP contribution in [0.2, 0.25) is 0 Å². The third-order valence-electron chi connectivity index (χ3n) is 2.98. The van der Waals surface area contributed by atoms with E-state index in [2.05, 4.69) is 10.3 Å². The fourth-order valence-corrected chi connectivity index (χ4v) is 2.54. The normalized spacial score (nSPS) is 10.9. The first-order valence-electron chi connectivity index (χ1n) is 6.43. The average Bonchev–Trinajstić information content (AvgIpc) is 3.09. The van der Waals surface area contributed by atoms with Gasteiger partial charge in [-0.25, -0.2) is 4.39 Å². The van der Waals surface area contributed by atoms with Gasteiger partial charge in [-0.15, -0.1) is 0 Å². The second kappa shape index (κ2) is 6.07. The molecule has 108 valence electrons. The number of furan rings is 1. The van der Waals surface area contributed by atoms with E-state index >= 15 is 0 Å². The monoisotopic (exact) mass is 304 g/mol. The summed E-state index contributed by atoms with van der Waals surface area (Å²) in [5.74, 6) is 1.22. The largest absolute Gasteiger partial charge is 0.460 e. The molecule has 2 N–H and O–H groups in total. The molecule has 4 nitrogen and oxygen atoms in total. The number of hydrogen-bond donors (Lipinski definition) is 2. The van der Waals surface area contributed by atoms with Gasteiger partial charge in [0.2, 0.25) is 0 Å². The number of halogens is 1. The van der Waals surface area contributed by atoms with Crippen molar-refractivity contribution in [2.24, 2.45) is 0 Å². The Hall–Kier alpha value is -2.18. The van der Waals surface area contributed by atoms with Crippen LogP contribution in [0.15, 0.2) is 51.0 Å². The Kier molecular flexibility index (Phi) is 3.98. The van der Waals surface area contributed by atoms with E-state index in [1.165, 1.54) is 12.1 Å². The van der Waals surface area contributed by atoms with Crippen LogP contribution in [0.25, 0.3) is 11.3 Å². The van der Waals surface area contributed by atoms with E-state index in [0.29, 0.717) is 18.8 Å². The quantitative estimate of drug-likeness (QED) is 0.761. The molecule has 0 aliphatic carbocycles. The molecular formula is C15H13FN2O2S. The number of thiazole rings is 1. The SMILES string of the molecule is O=c1[nH]c(CNCc2ccc(-c3ccc(F)cc3)o2)cs1. The highest BCUT2D eigenvalue weighted by molar-refractivity contribution is 7.07. The van der Waals surface area contributed by atoms with E-state index in [1.807, 2.05) is 12.1 Å². The van der Waals surface area contributed by atoms with Crippen LogP contribution >= 0.6 is 11.3 Å². The molecule has 0 fully saturated rings. The van der Waals surface area contributed by atoms with Crippen LogP contribution in [-0.4, -0.2) is 4.98 Å². The summed E-state index contributed by atoms with van der Waals surface area (Å²) >= 11 is 1.15. The van der Waals surface area contributed by atoms with E-state index in [4.69, 9.17) is 4.42 Å². The Balaban J connectivity index is 1.60. The van der Waals surface area contributed by atoms with E-state index < -0.39 is 0 Å². The first-order valence-corrected chi connectivity index (χ1v) is 7.31. The third-order valence-corrected chi connectivity index (χ3v) is 3.69. The van der Waals surface area contributed by atoms with Crippen LogP contribution in [0.5, 0.6) is 0 Å². The van der Waals surface area contributed by atoms with Crippen LogP contribution in [0.3, 0.4) is 0 Å². The van der Waals surface area contributed by atoms with Crippen LogP contribution in [0.4, 0.5) is 4.39 Å². The smallest absolute Gasteiger partial charge is 0.304 e. The molecule has 0 amide bonds. The second-order valence-electron chi connectivity index (χ2n) is 4.55. The Morgan fingerprint density at radius 3 is 2.67 bits per heavy atom. The van der Waals surface area contributed by atoms with E-state index in [9.17, 15) is 9.18 Å². The highest BCUT2D eigenvalue weighted by Crippen LogP contribution is 2.22. The maximum Gasteiger partial charge on any atom is 0.304 e. The molecule has 0 bridgehead atoms. The average molecular weight is 304 g/mol. The number of hydrogen-bond acceptors (Lipinski definition) is 4. The second-order valence-corrected chi connectivity index (χ2v) is 5.39. The van der Waals surface area contributed by atoms with E-state index in [0.717, 1.165) is 28.4 Å². The molecule has 3 rings (SSSR count). The minimum Gasteiger partial charge on any atom is -0.460 e. The third kappa shape index (κ3) is 3.48. The summed E-state index contributed by atoms with van der Waals surface area (Å²) in [5.41, 5.74) is 1.69. The molecule has 0 unspecified atom stereocenters. The van der Waals surface area contributed by atoms with Crippen LogP contribution < -0.4 is 10.2 Å². The zero-order valence-corrected chi connectivity index (χ0v) is 11.9. The first-order chi connectivity index (χ1) is 10.2. The van der Waals surface area contributed by atoms with Crippen molar-refractivity contribution in [1.29, 1.82) is 0 Å². The Bertz CT molecular complexity index is 773.